The summed E-state index contributed by atoms with van der Waals surface area (Å²) in [5.74, 6) is 1.02. The molecule has 18 heavy (non-hydrogen) atoms. The quantitative estimate of drug-likeness (QED) is 0.918. The number of hydrogen-bond donors (Lipinski definition) is 1. The van der Waals surface area contributed by atoms with Crippen LogP contribution in [0.1, 0.15) is 6.92 Å². The molecule has 2 aromatic rings. The number of rotatable bonds is 4. The van der Waals surface area contributed by atoms with Crippen LogP contribution in [0.2, 0.25) is 0 Å². The lowest BCUT2D eigenvalue weighted by Crippen LogP contribution is -1.99. The maximum atomic E-state index is 13.6. The van der Waals surface area contributed by atoms with Gasteiger partial charge in [-0.3, -0.25) is 0 Å². The van der Waals surface area contributed by atoms with E-state index in [0.717, 1.165) is 6.54 Å². The van der Waals surface area contributed by atoms with E-state index in [4.69, 9.17) is 4.74 Å². The number of aromatic nitrogens is 1. The van der Waals surface area contributed by atoms with E-state index < -0.39 is 5.82 Å². The molecular weight excluding hydrogens is 299 g/mol. The number of nitrogens with zero attached hydrogens (tertiary/aromatic N) is 1. The standard InChI is InChI=1S/C13H12BrFN2O/c1-2-16-13-8-10(5-6-17-13)18-12-4-3-9(14)7-11(12)15/h3-8H,2H2,1H3,(H,16,17). The van der Waals surface area contributed by atoms with Crippen molar-refractivity contribution in [1.29, 1.82) is 0 Å². The Hall–Kier alpha value is -1.62. The van der Waals surface area contributed by atoms with Crippen molar-refractivity contribution >= 4 is 21.7 Å². The van der Waals surface area contributed by atoms with Crippen molar-refractivity contribution in [2.45, 2.75) is 6.92 Å². The molecule has 0 unspecified atom stereocenters. The molecule has 5 heteroatoms. The molecule has 0 atom stereocenters. The van der Waals surface area contributed by atoms with Crippen molar-refractivity contribution in [3.63, 3.8) is 0 Å². The number of halogens is 2. The van der Waals surface area contributed by atoms with Crippen LogP contribution in [-0.2, 0) is 0 Å². The van der Waals surface area contributed by atoms with E-state index in [-0.39, 0.29) is 5.75 Å². The van der Waals surface area contributed by atoms with Crippen LogP contribution in [0.25, 0.3) is 0 Å². The van der Waals surface area contributed by atoms with Gasteiger partial charge >= 0.3 is 0 Å². The van der Waals surface area contributed by atoms with Gasteiger partial charge < -0.3 is 10.1 Å². The summed E-state index contributed by atoms with van der Waals surface area (Å²) in [5, 5.41) is 3.07. The monoisotopic (exact) mass is 310 g/mol. The van der Waals surface area contributed by atoms with Crippen LogP contribution in [0.4, 0.5) is 10.2 Å². The van der Waals surface area contributed by atoms with Crippen molar-refractivity contribution in [3.05, 3.63) is 46.8 Å². The van der Waals surface area contributed by atoms with Crippen molar-refractivity contribution < 1.29 is 9.13 Å². The second kappa shape index (κ2) is 5.82. The minimum atomic E-state index is -0.411. The zero-order valence-electron chi connectivity index (χ0n) is 9.78. The summed E-state index contributed by atoms with van der Waals surface area (Å²) in [6.45, 7) is 2.74. The number of benzene rings is 1. The van der Waals surface area contributed by atoms with E-state index >= 15 is 0 Å². The molecule has 0 aliphatic heterocycles. The number of anilines is 1. The van der Waals surface area contributed by atoms with Gasteiger partial charge in [0.2, 0.25) is 0 Å². The number of pyridine rings is 1. The van der Waals surface area contributed by atoms with Crippen LogP contribution in [-0.4, -0.2) is 11.5 Å². The average Bonchev–Trinajstić information content (AvgIpc) is 2.34. The van der Waals surface area contributed by atoms with Gasteiger partial charge in [-0.05, 0) is 31.2 Å². The first-order valence-corrected chi connectivity index (χ1v) is 6.31. The van der Waals surface area contributed by atoms with Gasteiger partial charge in [0.1, 0.15) is 11.6 Å². The molecule has 0 aliphatic rings. The molecule has 0 saturated carbocycles. The Labute approximate surface area is 113 Å². The Morgan fingerprint density at radius 2 is 2.17 bits per heavy atom. The van der Waals surface area contributed by atoms with E-state index in [1.54, 1.807) is 30.5 Å². The number of ether oxygens (including phenoxy) is 1. The van der Waals surface area contributed by atoms with E-state index in [9.17, 15) is 4.39 Å². The fourth-order valence-electron chi connectivity index (χ4n) is 1.44. The smallest absolute Gasteiger partial charge is 0.166 e. The highest BCUT2D eigenvalue weighted by atomic mass is 79.9. The van der Waals surface area contributed by atoms with Crippen molar-refractivity contribution in [2.24, 2.45) is 0 Å². The molecule has 2 rings (SSSR count). The topological polar surface area (TPSA) is 34.1 Å². The molecule has 0 spiro atoms. The predicted octanol–water partition coefficient (Wildman–Crippen LogP) is 4.21. The normalized spacial score (nSPS) is 10.2. The highest BCUT2D eigenvalue weighted by Crippen LogP contribution is 2.27. The lowest BCUT2D eigenvalue weighted by molar-refractivity contribution is 0.441. The molecule has 94 valence electrons. The molecule has 1 aromatic heterocycles. The van der Waals surface area contributed by atoms with Gasteiger partial charge in [-0.25, -0.2) is 9.37 Å². The minimum absolute atomic E-state index is 0.187. The number of hydrogen-bond acceptors (Lipinski definition) is 3. The zero-order valence-corrected chi connectivity index (χ0v) is 11.4. The van der Waals surface area contributed by atoms with Crippen LogP contribution >= 0.6 is 15.9 Å². The summed E-state index contributed by atoms with van der Waals surface area (Å²) < 4.78 is 19.8. The molecule has 0 fully saturated rings. The minimum Gasteiger partial charge on any atom is -0.454 e. The lowest BCUT2D eigenvalue weighted by Gasteiger charge is -2.08. The predicted molar refractivity (Wildman–Crippen MR) is 72.6 cm³/mol. The summed E-state index contributed by atoms with van der Waals surface area (Å²) in [5.41, 5.74) is 0. The van der Waals surface area contributed by atoms with Gasteiger partial charge in [-0.15, -0.1) is 0 Å². The first-order valence-electron chi connectivity index (χ1n) is 5.52. The number of nitrogens with one attached hydrogen (secondary N) is 1. The third kappa shape index (κ3) is 3.20. The van der Waals surface area contributed by atoms with Crippen molar-refractivity contribution in [3.8, 4) is 11.5 Å². The second-order valence-corrected chi connectivity index (χ2v) is 4.50. The molecular formula is C13H12BrFN2O. The largest absolute Gasteiger partial charge is 0.454 e. The molecule has 0 radical (unpaired) electrons. The Bertz CT molecular complexity index is 548. The molecule has 1 N–H and O–H groups in total. The molecule has 0 saturated heterocycles. The molecule has 0 amide bonds. The van der Waals surface area contributed by atoms with Gasteiger partial charge in [0.15, 0.2) is 11.6 Å². The first-order chi connectivity index (χ1) is 8.69. The molecule has 3 nitrogen and oxygen atoms in total. The fraction of sp³-hybridized carbons (Fsp3) is 0.154. The van der Waals surface area contributed by atoms with Crippen LogP contribution in [0, 0.1) is 5.82 Å². The summed E-state index contributed by atoms with van der Waals surface area (Å²) >= 11 is 3.20. The lowest BCUT2D eigenvalue weighted by atomic mass is 10.3. The third-order valence-corrected chi connectivity index (χ3v) is 2.70. The fourth-order valence-corrected chi connectivity index (χ4v) is 1.77. The van der Waals surface area contributed by atoms with Crippen LogP contribution < -0.4 is 10.1 Å². The highest BCUT2D eigenvalue weighted by molar-refractivity contribution is 9.10. The van der Waals surface area contributed by atoms with Gasteiger partial charge in [-0.2, -0.15) is 0 Å². The van der Waals surface area contributed by atoms with Crippen LogP contribution in [0.5, 0.6) is 11.5 Å². The van der Waals surface area contributed by atoms with E-state index in [1.165, 1.54) is 6.07 Å². The Morgan fingerprint density at radius 1 is 1.33 bits per heavy atom. The molecule has 1 aromatic carbocycles. The molecule has 0 aliphatic carbocycles. The maximum absolute atomic E-state index is 13.6. The van der Waals surface area contributed by atoms with Gasteiger partial charge in [0.05, 0.1) is 0 Å². The maximum Gasteiger partial charge on any atom is 0.166 e. The van der Waals surface area contributed by atoms with Gasteiger partial charge in [0, 0.05) is 23.3 Å². The van der Waals surface area contributed by atoms with E-state index in [2.05, 4.69) is 26.2 Å². The third-order valence-electron chi connectivity index (χ3n) is 2.21. The second-order valence-electron chi connectivity index (χ2n) is 3.58. The van der Waals surface area contributed by atoms with Crippen molar-refractivity contribution in [2.75, 3.05) is 11.9 Å². The Morgan fingerprint density at radius 3 is 2.89 bits per heavy atom. The first kappa shape index (κ1) is 12.8. The van der Waals surface area contributed by atoms with Crippen molar-refractivity contribution in [1.82, 2.24) is 4.98 Å². The van der Waals surface area contributed by atoms with Crippen LogP contribution in [0.3, 0.4) is 0 Å². The summed E-state index contributed by atoms with van der Waals surface area (Å²) in [6.07, 6.45) is 1.62. The molecule has 0 bridgehead atoms. The highest BCUT2D eigenvalue weighted by Gasteiger charge is 2.06. The van der Waals surface area contributed by atoms with Gasteiger partial charge in [0.25, 0.3) is 0 Å². The Balaban J connectivity index is 2.20. The summed E-state index contributed by atoms with van der Waals surface area (Å²) in [6, 6.07) is 8.08. The molecule has 1 heterocycles. The SMILES string of the molecule is CCNc1cc(Oc2ccc(Br)cc2F)ccn1. The summed E-state index contributed by atoms with van der Waals surface area (Å²) in [4.78, 5) is 4.11. The zero-order chi connectivity index (χ0) is 13.0. The van der Waals surface area contributed by atoms with Crippen LogP contribution in [0.15, 0.2) is 41.0 Å². The summed E-state index contributed by atoms with van der Waals surface area (Å²) in [7, 11) is 0. The average molecular weight is 311 g/mol. The van der Waals surface area contributed by atoms with E-state index in [1.807, 2.05) is 6.92 Å². The van der Waals surface area contributed by atoms with Gasteiger partial charge in [-0.1, -0.05) is 15.9 Å². The van der Waals surface area contributed by atoms with E-state index in [0.29, 0.717) is 16.0 Å². The Kier molecular flexibility index (Phi) is 4.15.